The fraction of sp³-hybridized carbons (Fsp3) is 1.00. The van der Waals surface area contributed by atoms with Crippen LogP contribution in [0.4, 0.5) is 0 Å². The average Bonchev–Trinajstić information content (AvgIpc) is 2.48. The summed E-state index contributed by atoms with van der Waals surface area (Å²) in [5, 5.41) is 0. The normalized spacial score (nSPS) is 37.2. The maximum atomic E-state index is 6.22. The molecular weight excluding hydrogens is 252 g/mol. The number of methoxy groups -OCH3 is 1. The summed E-state index contributed by atoms with van der Waals surface area (Å²) in [4.78, 5) is 2.65. The summed E-state index contributed by atoms with van der Waals surface area (Å²) in [6, 6.07) is 0. The Bertz CT molecular complexity index is 305. The van der Waals surface area contributed by atoms with Crippen LogP contribution in [-0.4, -0.2) is 56.0 Å². The third-order valence-corrected chi connectivity index (χ3v) is 5.54. The molecule has 2 heterocycles. The maximum Gasteiger partial charge on any atom is 0.0670 e. The molecule has 0 saturated carbocycles. The van der Waals surface area contributed by atoms with Crippen molar-refractivity contribution in [2.24, 2.45) is 11.7 Å². The van der Waals surface area contributed by atoms with Gasteiger partial charge in [-0.25, -0.2) is 0 Å². The minimum Gasteiger partial charge on any atom is -0.384 e. The number of hydrogen-bond acceptors (Lipinski definition) is 4. The SMILES string of the molecule is CCC1(C)CC(CN)(N2CCC(COC)CC2)CCO1. The summed E-state index contributed by atoms with van der Waals surface area (Å²) in [7, 11) is 1.80. The van der Waals surface area contributed by atoms with Crippen LogP contribution in [0.15, 0.2) is 0 Å². The number of rotatable bonds is 5. The molecule has 0 aromatic carbocycles. The summed E-state index contributed by atoms with van der Waals surface area (Å²) >= 11 is 0. The van der Waals surface area contributed by atoms with Gasteiger partial charge < -0.3 is 15.2 Å². The van der Waals surface area contributed by atoms with E-state index in [9.17, 15) is 0 Å². The quantitative estimate of drug-likeness (QED) is 0.839. The summed E-state index contributed by atoms with van der Waals surface area (Å²) in [6.07, 6.45) is 5.68. The summed E-state index contributed by atoms with van der Waals surface area (Å²) in [6.45, 7) is 9.28. The van der Waals surface area contributed by atoms with Gasteiger partial charge >= 0.3 is 0 Å². The van der Waals surface area contributed by atoms with Gasteiger partial charge in [0.2, 0.25) is 0 Å². The molecule has 0 amide bonds. The van der Waals surface area contributed by atoms with Gasteiger partial charge in [-0.15, -0.1) is 0 Å². The zero-order chi connectivity index (χ0) is 14.6. The first kappa shape index (κ1) is 16.2. The molecular formula is C16H32N2O2. The largest absolute Gasteiger partial charge is 0.384 e. The minimum atomic E-state index is 0.000990. The summed E-state index contributed by atoms with van der Waals surface area (Å²) < 4.78 is 11.3. The van der Waals surface area contributed by atoms with E-state index in [2.05, 4.69) is 18.7 Å². The molecule has 0 aromatic heterocycles. The zero-order valence-corrected chi connectivity index (χ0v) is 13.5. The number of likely N-dealkylation sites (tertiary alicyclic amines) is 1. The maximum absolute atomic E-state index is 6.22. The molecule has 2 aliphatic heterocycles. The van der Waals surface area contributed by atoms with Crippen LogP contribution in [-0.2, 0) is 9.47 Å². The fourth-order valence-corrected chi connectivity index (χ4v) is 3.93. The van der Waals surface area contributed by atoms with E-state index in [-0.39, 0.29) is 11.1 Å². The molecule has 0 bridgehead atoms. The number of nitrogens with two attached hydrogens (primary N) is 1. The van der Waals surface area contributed by atoms with Crippen molar-refractivity contribution < 1.29 is 9.47 Å². The third-order valence-electron chi connectivity index (χ3n) is 5.54. The van der Waals surface area contributed by atoms with Crippen LogP contribution in [0, 0.1) is 5.92 Å². The Morgan fingerprint density at radius 1 is 1.35 bits per heavy atom. The molecule has 4 heteroatoms. The molecule has 2 atom stereocenters. The van der Waals surface area contributed by atoms with Gasteiger partial charge in [0.25, 0.3) is 0 Å². The second kappa shape index (κ2) is 6.73. The molecule has 0 spiro atoms. The number of nitrogens with zero attached hydrogens (tertiary/aromatic N) is 1. The predicted molar refractivity (Wildman–Crippen MR) is 81.8 cm³/mol. The summed E-state index contributed by atoms with van der Waals surface area (Å²) in [5.41, 5.74) is 6.37. The van der Waals surface area contributed by atoms with Gasteiger partial charge in [-0.2, -0.15) is 0 Å². The van der Waals surface area contributed by atoms with Crippen LogP contribution in [0.3, 0.4) is 0 Å². The van der Waals surface area contributed by atoms with E-state index in [4.69, 9.17) is 15.2 Å². The molecule has 2 unspecified atom stereocenters. The number of piperidine rings is 1. The van der Waals surface area contributed by atoms with E-state index in [0.29, 0.717) is 0 Å². The van der Waals surface area contributed by atoms with E-state index >= 15 is 0 Å². The van der Waals surface area contributed by atoms with Crippen molar-refractivity contribution in [2.45, 2.75) is 57.1 Å². The van der Waals surface area contributed by atoms with E-state index in [0.717, 1.165) is 58.0 Å². The lowest BCUT2D eigenvalue weighted by Gasteiger charge is -2.53. The molecule has 2 aliphatic rings. The van der Waals surface area contributed by atoms with Crippen LogP contribution in [0.5, 0.6) is 0 Å². The van der Waals surface area contributed by atoms with Crippen molar-refractivity contribution >= 4 is 0 Å². The first-order chi connectivity index (χ1) is 9.57. The molecule has 0 aromatic rings. The highest BCUT2D eigenvalue weighted by molar-refractivity contribution is 5.01. The fourth-order valence-electron chi connectivity index (χ4n) is 3.93. The molecule has 118 valence electrons. The van der Waals surface area contributed by atoms with Gasteiger partial charge in [0.15, 0.2) is 0 Å². The lowest BCUT2D eigenvalue weighted by molar-refractivity contribution is -0.134. The summed E-state index contributed by atoms with van der Waals surface area (Å²) in [5.74, 6) is 0.725. The first-order valence-electron chi connectivity index (χ1n) is 8.15. The Balaban J connectivity index is 2.01. The molecule has 2 fully saturated rings. The van der Waals surface area contributed by atoms with Crippen molar-refractivity contribution in [1.82, 2.24) is 4.90 Å². The number of ether oxygens (including phenoxy) is 2. The van der Waals surface area contributed by atoms with E-state index in [1.54, 1.807) is 7.11 Å². The van der Waals surface area contributed by atoms with Gasteiger partial charge in [0.1, 0.15) is 0 Å². The van der Waals surface area contributed by atoms with Crippen LogP contribution >= 0.6 is 0 Å². The standard InChI is InChI=1S/C16H32N2O2/c1-4-15(2)12-16(13-17,7-10-20-15)18-8-5-14(6-9-18)11-19-3/h14H,4-13,17H2,1-3H3. The van der Waals surface area contributed by atoms with Gasteiger partial charge in [-0.05, 0) is 58.0 Å². The Morgan fingerprint density at radius 3 is 2.60 bits per heavy atom. The number of hydrogen-bond donors (Lipinski definition) is 1. The molecule has 2 saturated heterocycles. The predicted octanol–water partition coefficient (Wildman–Crippen LogP) is 2.02. The molecule has 2 rings (SSSR count). The lowest BCUT2D eigenvalue weighted by Crippen LogP contribution is -2.62. The first-order valence-corrected chi connectivity index (χ1v) is 8.15. The topological polar surface area (TPSA) is 47.7 Å². The van der Waals surface area contributed by atoms with Gasteiger partial charge in [-0.1, -0.05) is 6.92 Å². The van der Waals surface area contributed by atoms with Gasteiger partial charge in [-0.3, -0.25) is 4.90 Å². The van der Waals surface area contributed by atoms with E-state index in [1.807, 2.05) is 0 Å². The molecule has 4 nitrogen and oxygen atoms in total. The average molecular weight is 284 g/mol. The Morgan fingerprint density at radius 2 is 2.05 bits per heavy atom. The molecule has 2 N–H and O–H groups in total. The van der Waals surface area contributed by atoms with Crippen molar-refractivity contribution in [3.8, 4) is 0 Å². The second-order valence-corrected chi connectivity index (χ2v) is 6.89. The van der Waals surface area contributed by atoms with E-state index < -0.39 is 0 Å². The van der Waals surface area contributed by atoms with Crippen LogP contribution in [0.1, 0.15) is 46.0 Å². The van der Waals surface area contributed by atoms with E-state index in [1.165, 1.54) is 12.8 Å². The van der Waals surface area contributed by atoms with Gasteiger partial charge in [0.05, 0.1) is 5.60 Å². The molecule has 20 heavy (non-hydrogen) atoms. The monoisotopic (exact) mass is 284 g/mol. The Hall–Kier alpha value is -0.160. The highest BCUT2D eigenvalue weighted by Gasteiger charge is 2.45. The van der Waals surface area contributed by atoms with Crippen molar-refractivity contribution in [1.29, 1.82) is 0 Å². The lowest BCUT2D eigenvalue weighted by atomic mass is 9.76. The van der Waals surface area contributed by atoms with Crippen molar-refractivity contribution in [2.75, 3.05) is 40.0 Å². The van der Waals surface area contributed by atoms with Crippen molar-refractivity contribution in [3.05, 3.63) is 0 Å². The highest BCUT2D eigenvalue weighted by Crippen LogP contribution is 2.39. The molecule has 0 radical (unpaired) electrons. The van der Waals surface area contributed by atoms with Crippen LogP contribution < -0.4 is 5.73 Å². The molecule has 0 aliphatic carbocycles. The smallest absolute Gasteiger partial charge is 0.0670 e. The minimum absolute atomic E-state index is 0.000990. The Labute approximate surface area is 124 Å². The van der Waals surface area contributed by atoms with Crippen LogP contribution in [0.25, 0.3) is 0 Å². The zero-order valence-electron chi connectivity index (χ0n) is 13.5. The third kappa shape index (κ3) is 3.35. The van der Waals surface area contributed by atoms with Gasteiger partial charge in [0, 0.05) is 32.4 Å². The van der Waals surface area contributed by atoms with Crippen molar-refractivity contribution in [3.63, 3.8) is 0 Å². The van der Waals surface area contributed by atoms with Crippen LogP contribution in [0.2, 0.25) is 0 Å². The Kier molecular flexibility index (Phi) is 5.46. The second-order valence-electron chi connectivity index (χ2n) is 6.89. The highest BCUT2D eigenvalue weighted by atomic mass is 16.5.